The molecule has 2 N–H and O–H groups in total. The predicted molar refractivity (Wildman–Crippen MR) is 46.3 cm³/mol. The van der Waals surface area contributed by atoms with Crippen LogP contribution in [0.25, 0.3) is 0 Å². The summed E-state index contributed by atoms with van der Waals surface area (Å²) in [5.74, 6) is -1.24. The molecular weight excluding hydrogens is 172 g/mol. The summed E-state index contributed by atoms with van der Waals surface area (Å²) < 4.78 is 4.60. The molecule has 5 heteroatoms. The topological polar surface area (TPSA) is 67.4 Å². The van der Waals surface area contributed by atoms with Crippen molar-refractivity contribution >= 4 is 11.8 Å². The van der Waals surface area contributed by atoms with Crippen molar-refractivity contribution in [2.75, 3.05) is 26.2 Å². The molecule has 0 aromatic heterocycles. The number of esters is 1. The zero-order valence-electron chi connectivity index (χ0n) is 7.63. The highest BCUT2D eigenvalue weighted by atomic mass is 16.5. The molecule has 1 aliphatic rings. The minimum Gasteiger partial charge on any atom is -0.460 e. The van der Waals surface area contributed by atoms with Gasteiger partial charge in [0, 0.05) is 19.6 Å². The third kappa shape index (κ3) is 2.78. The molecule has 0 aromatic rings. The minimum atomic E-state index is -0.747. The van der Waals surface area contributed by atoms with Crippen LogP contribution in [0.5, 0.6) is 0 Å². The van der Waals surface area contributed by atoms with Gasteiger partial charge in [-0.15, -0.1) is 0 Å². The Morgan fingerprint density at radius 1 is 1.46 bits per heavy atom. The average Bonchev–Trinajstić information content (AvgIpc) is 2.18. The number of piperazine rings is 1. The Balaban J connectivity index is 2.40. The molecule has 13 heavy (non-hydrogen) atoms. The molecule has 0 radical (unpaired) electrons. The Bertz CT molecular complexity index is 200. The Labute approximate surface area is 76.8 Å². The number of rotatable bonds is 3. The molecule has 1 fully saturated rings. The van der Waals surface area contributed by atoms with Crippen LogP contribution < -0.4 is 10.6 Å². The number of carbonyl (C=O) groups excluding carboxylic acids is 2. The molecule has 0 spiro atoms. The zero-order chi connectivity index (χ0) is 9.68. The van der Waals surface area contributed by atoms with Crippen LogP contribution >= 0.6 is 0 Å². The maximum Gasteiger partial charge on any atom is 0.376 e. The largest absolute Gasteiger partial charge is 0.460 e. The second-order valence-corrected chi connectivity index (χ2v) is 2.80. The highest BCUT2D eigenvalue weighted by molar-refractivity contribution is 6.35. The molecule has 0 saturated carbocycles. The van der Waals surface area contributed by atoms with Gasteiger partial charge in [0.05, 0.1) is 12.6 Å². The Morgan fingerprint density at radius 2 is 2.23 bits per heavy atom. The van der Waals surface area contributed by atoms with Crippen LogP contribution in [-0.2, 0) is 14.3 Å². The van der Waals surface area contributed by atoms with E-state index in [0.29, 0.717) is 13.1 Å². The summed E-state index contributed by atoms with van der Waals surface area (Å²) in [6.07, 6.45) is 0. The fourth-order valence-corrected chi connectivity index (χ4v) is 1.18. The van der Waals surface area contributed by atoms with Crippen LogP contribution in [0.1, 0.15) is 6.92 Å². The number of Topliss-reactive ketones (excluding diaryl/α,β-unsaturated/α-hetero) is 1. The summed E-state index contributed by atoms with van der Waals surface area (Å²) >= 11 is 0. The van der Waals surface area contributed by atoms with Crippen molar-refractivity contribution in [3.8, 4) is 0 Å². The van der Waals surface area contributed by atoms with E-state index in [9.17, 15) is 9.59 Å². The number of ether oxygens (including phenoxy) is 1. The summed E-state index contributed by atoms with van der Waals surface area (Å²) in [7, 11) is 0. The predicted octanol–water partition coefficient (Wildman–Crippen LogP) is -1.32. The van der Waals surface area contributed by atoms with E-state index >= 15 is 0 Å². The van der Waals surface area contributed by atoms with Gasteiger partial charge in [0.2, 0.25) is 0 Å². The SMILES string of the molecule is CCOC(=O)C(=O)C1CNCCN1. The van der Waals surface area contributed by atoms with Gasteiger partial charge < -0.3 is 15.4 Å². The maximum atomic E-state index is 11.3. The van der Waals surface area contributed by atoms with Gasteiger partial charge in [0.1, 0.15) is 0 Å². The number of carbonyl (C=O) groups is 2. The fraction of sp³-hybridized carbons (Fsp3) is 0.750. The number of ketones is 1. The van der Waals surface area contributed by atoms with Crippen LogP contribution in [0.4, 0.5) is 0 Å². The molecule has 1 saturated heterocycles. The van der Waals surface area contributed by atoms with Crippen molar-refractivity contribution < 1.29 is 14.3 Å². The molecule has 0 amide bonds. The van der Waals surface area contributed by atoms with E-state index in [0.717, 1.165) is 6.54 Å². The lowest BCUT2D eigenvalue weighted by Gasteiger charge is -2.22. The molecule has 5 nitrogen and oxygen atoms in total. The second kappa shape index (κ2) is 4.94. The van der Waals surface area contributed by atoms with Crippen LogP contribution in [0.3, 0.4) is 0 Å². The van der Waals surface area contributed by atoms with Crippen LogP contribution in [0.2, 0.25) is 0 Å². The maximum absolute atomic E-state index is 11.3. The lowest BCUT2D eigenvalue weighted by Crippen LogP contribution is -2.54. The third-order valence-electron chi connectivity index (χ3n) is 1.83. The second-order valence-electron chi connectivity index (χ2n) is 2.80. The molecule has 1 atom stereocenters. The number of hydrogen-bond acceptors (Lipinski definition) is 5. The summed E-state index contributed by atoms with van der Waals surface area (Å²) in [4.78, 5) is 22.3. The van der Waals surface area contributed by atoms with E-state index < -0.39 is 17.8 Å². The number of hydrogen-bond donors (Lipinski definition) is 2. The van der Waals surface area contributed by atoms with Crippen LogP contribution in [0, 0.1) is 0 Å². The third-order valence-corrected chi connectivity index (χ3v) is 1.83. The van der Waals surface area contributed by atoms with E-state index in [4.69, 9.17) is 0 Å². The molecule has 0 bridgehead atoms. The van der Waals surface area contributed by atoms with E-state index in [1.54, 1.807) is 6.92 Å². The lowest BCUT2D eigenvalue weighted by molar-refractivity contribution is -0.154. The quantitative estimate of drug-likeness (QED) is 0.422. The Kier molecular flexibility index (Phi) is 3.85. The van der Waals surface area contributed by atoms with Gasteiger partial charge >= 0.3 is 5.97 Å². The standard InChI is InChI=1S/C8H14N2O3/c1-2-13-8(12)7(11)6-5-9-3-4-10-6/h6,9-10H,2-5H2,1H3. The average molecular weight is 186 g/mol. The van der Waals surface area contributed by atoms with Gasteiger partial charge in [0.25, 0.3) is 5.78 Å². The molecule has 1 rings (SSSR count). The van der Waals surface area contributed by atoms with Crippen LogP contribution in [0.15, 0.2) is 0 Å². The van der Waals surface area contributed by atoms with Gasteiger partial charge in [-0.25, -0.2) is 4.79 Å². The van der Waals surface area contributed by atoms with Crippen molar-refractivity contribution in [1.29, 1.82) is 0 Å². The highest BCUT2D eigenvalue weighted by Crippen LogP contribution is 1.92. The summed E-state index contributed by atoms with van der Waals surface area (Å²) in [6.45, 7) is 3.95. The van der Waals surface area contributed by atoms with Crippen molar-refractivity contribution in [3.63, 3.8) is 0 Å². The van der Waals surface area contributed by atoms with Crippen molar-refractivity contribution in [2.45, 2.75) is 13.0 Å². The molecule has 1 aliphatic heterocycles. The van der Waals surface area contributed by atoms with Crippen molar-refractivity contribution in [2.24, 2.45) is 0 Å². The Morgan fingerprint density at radius 3 is 2.77 bits per heavy atom. The van der Waals surface area contributed by atoms with E-state index in [2.05, 4.69) is 15.4 Å². The first kappa shape index (κ1) is 10.1. The Hall–Kier alpha value is -0.940. The van der Waals surface area contributed by atoms with Gasteiger partial charge in [-0.3, -0.25) is 4.79 Å². The summed E-state index contributed by atoms with van der Waals surface area (Å²) in [6, 6.07) is -0.423. The van der Waals surface area contributed by atoms with Gasteiger partial charge in [-0.05, 0) is 6.92 Å². The molecule has 0 aromatic carbocycles. The molecular formula is C8H14N2O3. The minimum absolute atomic E-state index is 0.241. The first-order valence-corrected chi connectivity index (χ1v) is 4.40. The van der Waals surface area contributed by atoms with Crippen molar-refractivity contribution in [3.05, 3.63) is 0 Å². The smallest absolute Gasteiger partial charge is 0.376 e. The molecule has 0 aliphatic carbocycles. The van der Waals surface area contributed by atoms with Crippen molar-refractivity contribution in [1.82, 2.24) is 10.6 Å². The first-order valence-electron chi connectivity index (χ1n) is 4.40. The lowest BCUT2D eigenvalue weighted by atomic mass is 10.1. The van der Waals surface area contributed by atoms with E-state index in [1.807, 2.05) is 0 Å². The molecule has 1 unspecified atom stereocenters. The van der Waals surface area contributed by atoms with Gasteiger partial charge in [0.15, 0.2) is 0 Å². The summed E-state index contributed by atoms with van der Waals surface area (Å²) in [5, 5.41) is 5.97. The monoisotopic (exact) mass is 186 g/mol. The summed E-state index contributed by atoms with van der Waals surface area (Å²) in [5.41, 5.74) is 0. The van der Waals surface area contributed by atoms with Gasteiger partial charge in [-0.1, -0.05) is 0 Å². The number of nitrogens with one attached hydrogen (secondary N) is 2. The normalized spacial score (nSPS) is 22.4. The van der Waals surface area contributed by atoms with Gasteiger partial charge in [-0.2, -0.15) is 0 Å². The first-order chi connectivity index (χ1) is 6.25. The van der Waals surface area contributed by atoms with E-state index in [1.165, 1.54) is 0 Å². The highest BCUT2D eigenvalue weighted by Gasteiger charge is 2.27. The zero-order valence-corrected chi connectivity index (χ0v) is 7.63. The molecule has 74 valence electrons. The fourth-order valence-electron chi connectivity index (χ4n) is 1.18. The molecule has 1 heterocycles. The van der Waals surface area contributed by atoms with E-state index in [-0.39, 0.29) is 6.61 Å². The van der Waals surface area contributed by atoms with Crippen LogP contribution in [-0.4, -0.2) is 44.0 Å².